The van der Waals surface area contributed by atoms with Crippen molar-refractivity contribution in [3.8, 4) is 32.7 Å². The van der Waals surface area contributed by atoms with Crippen LogP contribution in [0.15, 0.2) is 164 Å². The second-order valence-corrected chi connectivity index (χ2v) is 12.9. The number of rotatable bonds is 5. The van der Waals surface area contributed by atoms with Gasteiger partial charge in [0.25, 0.3) is 0 Å². The van der Waals surface area contributed by atoms with E-state index in [1.807, 2.05) is 11.3 Å². The largest absolute Gasteiger partial charge is 0.380 e. The topological polar surface area (TPSA) is 15.3 Å². The molecule has 0 radical (unpaired) electrons. The molecular weight excluding hydrogens is 577 g/mol. The molecule has 1 aliphatic rings. The highest BCUT2D eigenvalue weighted by atomic mass is 32.1. The Morgan fingerprint density at radius 2 is 1.09 bits per heavy atom. The molecule has 1 aromatic heterocycles. The van der Waals surface area contributed by atoms with Gasteiger partial charge in [0.2, 0.25) is 0 Å². The van der Waals surface area contributed by atoms with E-state index in [1.54, 1.807) is 0 Å². The van der Waals surface area contributed by atoms with Gasteiger partial charge in [-0.15, -0.1) is 11.3 Å². The van der Waals surface area contributed by atoms with Gasteiger partial charge in [0.1, 0.15) is 0 Å². The minimum Gasteiger partial charge on any atom is -0.380 e. The molecule has 0 unspecified atom stereocenters. The second-order valence-electron chi connectivity index (χ2n) is 11.8. The number of thiophene rings is 1. The first kappa shape index (κ1) is 26.7. The third-order valence-corrected chi connectivity index (χ3v) is 10.3. The SMILES string of the molecule is c1ccc(-c2ccc(N(c3ccc(-c4ccc5ccccc5c4)cc3)c3ccc4sc5c(c4c3)CNc3ccccc3-5)cc2)cc1. The first-order valence-corrected chi connectivity index (χ1v) is 16.5. The molecule has 1 aliphatic heterocycles. The van der Waals surface area contributed by atoms with Crippen molar-refractivity contribution in [3.05, 3.63) is 169 Å². The monoisotopic (exact) mass is 606 g/mol. The number of para-hydroxylation sites is 1. The summed E-state index contributed by atoms with van der Waals surface area (Å²) < 4.78 is 1.32. The molecule has 0 amide bonds. The van der Waals surface area contributed by atoms with Crippen LogP contribution >= 0.6 is 11.3 Å². The highest BCUT2D eigenvalue weighted by Crippen LogP contribution is 2.47. The first-order valence-electron chi connectivity index (χ1n) is 15.7. The second kappa shape index (κ2) is 11.1. The van der Waals surface area contributed by atoms with Crippen LogP contribution in [0.1, 0.15) is 5.56 Å². The fraction of sp³-hybridized carbons (Fsp3) is 0.0233. The molecule has 2 heterocycles. The van der Waals surface area contributed by atoms with E-state index in [4.69, 9.17) is 0 Å². The molecule has 218 valence electrons. The fourth-order valence-electron chi connectivity index (χ4n) is 6.74. The molecule has 2 nitrogen and oxygen atoms in total. The Morgan fingerprint density at radius 3 is 1.87 bits per heavy atom. The highest BCUT2D eigenvalue weighted by molar-refractivity contribution is 7.22. The summed E-state index contributed by atoms with van der Waals surface area (Å²) in [5, 5.41) is 7.49. The Labute approximate surface area is 272 Å². The van der Waals surface area contributed by atoms with Crippen LogP contribution in [0.3, 0.4) is 0 Å². The number of hydrogen-bond donors (Lipinski definition) is 1. The summed E-state index contributed by atoms with van der Waals surface area (Å²) in [5.74, 6) is 0. The summed E-state index contributed by atoms with van der Waals surface area (Å²) in [6, 6.07) is 59.4. The summed E-state index contributed by atoms with van der Waals surface area (Å²) in [7, 11) is 0. The van der Waals surface area contributed by atoms with E-state index in [1.165, 1.54) is 64.8 Å². The Hall–Kier alpha value is -5.64. The Morgan fingerprint density at radius 1 is 0.478 bits per heavy atom. The number of fused-ring (bicyclic) bond motifs is 6. The molecule has 1 N–H and O–H groups in total. The molecule has 46 heavy (non-hydrogen) atoms. The van der Waals surface area contributed by atoms with Gasteiger partial charge in [-0.3, -0.25) is 0 Å². The van der Waals surface area contributed by atoms with Crippen molar-refractivity contribution in [2.75, 3.05) is 10.2 Å². The molecule has 0 saturated carbocycles. The van der Waals surface area contributed by atoms with Crippen LogP contribution in [0, 0.1) is 0 Å². The van der Waals surface area contributed by atoms with Crippen LogP contribution in [0.4, 0.5) is 22.7 Å². The summed E-state index contributed by atoms with van der Waals surface area (Å²) in [6.07, 6.45) is 0. The van der Waals surface area contributed by atoms with Crippen LogP contribution in [-0.2, 0) is 6.54 Å². The van der Waals surface area contributed by atoms with E-state index < -0.39 is 0 Å². The van der Waals surface area contributed by atoms with Crippen LogP contribution in [0.5, 0.6) is 0 Å². The zero-order valence-corrected chi connectivity index (χ0v) is 26.0. The Balaban J connectivity index is 1.15. The van der Waals surface area contributed by atoms with Gasteiger partial charge in [0.15, 0.2) is 0 Å². The van der Waals surface area contributed by atoms with E-state index >= 15 is 0 Å². The van der Waals surface area contributed by atoms with Crippen molar-refractivity contribution in [2.45, 2.75) is 6.54 Å². The average molecular weight is 607 g/mol. The maximum Gasteiger partial charge on any atom is 0.0468 e. The number of benzene rings is 7. The standard InChI is InChI=1S/C43H30N2S/c1-2-8-29(9-3-1)31-16-20-35(21-17-31)45(36-22-18-32(19-23-36)34-15-14-30-10-4-5-11-33(30)26-34)37-24-25-42-39(27-37)40-28-44-41-13-7-6-12-38(41)43(40)46-42/h1-27,44H,28H2. The number of anilines is 4. The molecule has 3 heteroatoms. The van der Waals surface area contributed by atoms with Crippen molar-refractivity contribution in [1.29, 1.82) is 0 Å². The van der Waals surface area contributed by atoms with E-state index in [9.17, 15) is 0 Å². The Kier molecular flexibility index (Phi) is 6.43. The maximum atomic E-state index is 3.66. The van der Waals surface area contributed by atoms with E-state index in [0.717, 1.165) is 23.6 Å². The van der Waals surface area contributed by atoms with E-state index in [-0.39, 0.29) is 0 Å². The third-order valence-electron chi connectivity index (χ3n) is 9.10. The minimum absolute atomic E-state index is 0.835. The van der Waals surface area contributed by atoms with Crippen molar-refractivity contribution in [1.82, 2.24) is 0 Å². The lowest BCUT2D eigenvalue weighted by Gasteiger charge is -2.26. The van der Waals surface area contributed by atoms with Gasteiger partial charge in [-0.25, -0.2) is 0 Å². The van der Waals surface area contributed by atoms with Crippen molar-refractivity contribution in [2.24, 2.45) is 0 Å². The molecule has 0 spiro atoms. The molecule has 0 aliphatic carbocycles. The molecular formula is C43H30N2S. The number of nitrogens with one attached hydrogen (secondary N) is 1. The normalized spacial score (nSPS) is 12.0. The fourth-order valence-corrected chi connectivity index (χ4v) is 7.98. The lowest BCUT2D eigenvalue weighted by molar-refractivity contribution is 1.16. The van der Waals surface area contributed by atoms with Gasteiger partial charge >= 0.3 is 0 Å². The van der Waals surface area contributed by atoms with Gasteiger partial charge < -0.3 is 10.2 Å². The van der Waals surface area contributed by atoms with E-state index in [2.05, 4.69) is 174 Å². The quantitative estimate of drug-likeness (QED) is 0.210. The molecule has 0 atom stereocenters. The summed E-state index contributed by atoms with van der Waals surface area (Å²) >= 11 is 1.90. The summed E-state index contributed by atoms with van der Waals surface area (Å²) in [6.45, 7) is 0.835. The molecule has 9 rings (SSSR count). The van der Waals surface area contributed by atoms with Gasteiger partial charge in [0, 0.05) is 49.8 Å². The third kappa shape index (κ3) is 4.65. The maximum absolute atomic E-state index is 3.66. The zero-order valence-electron chi connectivity index (χ0n) is 25.2. The van der Waals surface area contributed by atoms with Crippen LogP contribution < -0.4 is 10.2 Å². The minimum atomic E-state index is 0.835. The average Bonchev–Trinajstić information content (AvgIpc) is 3.51. The number of hydrogen-bond acceptors (Lipinski definition) is 3. The van der Waals surface area contributed by atoms with Crippen LogP contribution in [-0.4, -0.2) is 0 Å². The van der Waals surface area contributed by atoms with Gasteiger partial charge in [-0.05, 0) is 93.2 Å². The van der Waals surface area contributed by atoms with Gasteiger partial charge in [-0.1, -0.05) is 109 Å². The smallest absolute Gasteiger partial charge is 0.0468 e. The first-order chi connectivity index (χ1) is 22.8. The molecule has 8 aromatic rings. The molecule has 7 aromatic carbocycles. The highest BCUT2D eigenvalue weighted by Gasteiger charge is 2.22. The van der Waals surface area contributed by atoms with Crippen molar-refractivity contribution >= 4 is 54.9 Å². The molecule has 0 bridgehead atoms. The predicted octanol–water partition coefficient (Wildman–Crippen LogP) is 12.5. The lowest BCUT2D eigenvalue weighted by Crippen LogP contribution is -2.10. The lowest BCUT2D eigenvalue weighted by atomic mass is 9.99. The predicted molar refractivity (Wildman–Crippen MR) is 198 cm³/mol. The summed E-state index contributed by atoms with van der Waals surface area (Å²) in [5.41, 5.74) is 12.2. The van der Waals surface area contributed by atoms with Gasteiger partial charge in [0.05, 0.1) is 0 Å². The Bertz CT molecular complexity index is 2350. The van der Waals surface area contributed by atoms with Crippen LogP contribution in [0.25, 0.3) is 53.6 Å². The number of nitrogens with zero attached hydrogens (tertiary/aromatic N) is 1. The van der Waals surface area contributed by atoms with E-state index in [0.29, 0.717) is 0 Å². The zero-order chi connectivity index (χ0) is 30.5. The van der Waals surface area contributed by atoms with Crippen molar-refractivity contribution < 1.29 is 0 Å². The molecule has 0 fully saturated rings. The molecule has 0 saturated heterocycles. The van der Waals surface area contributed by atoms with Crippen molar-refractivity contribution in [3.63, 3.8) is 0 Å². The summed E-state index contributed by atoms with van der Waals surface area (Å²) in [4.78, 5) is 3.76. The van der Waals surface area contributed by atoms with Crippen LogP contribution in [0.2, 0.25) is 0 Å². The van der Waals surface area contributed by atoms with Gasteiger partial charge in [-0.2, -0.15) is 0 Å².